The zero-order chi connectivity index (χ0) is 9.30. The van der Waals surface area contributed by atoms with E-state index < -0.39 is 16.7 Å². The van der Waals surface area contributed by atoms with Crippen LogP contribution in [0.25, 0.3) is 0 Å². The van der Waals surface area contributed by atoms with Crippen molar-refractivity contribution in [3.05, 3.63) is 33.3 Å². The first-order valence-electron chi connectivity index (χ1n) is 2.81. The van der Waals surface area contributed by atoms with E-state index in [0.29, 0.717) is 0 Å². The highest BCUT2D eigenvalue weighted by molar-refractivity contribution is 6.35. The van der Waals surface area contributed by atoms with Gasteiger partial charge in [-0.05, 0) is 6.07 Å². The minimum absolute atomic E-state index is 0.363. The summed E-state index contributed by atoms with van der Waals surface area (Å²) in [7, 11) is 0. The number of hydrogen-bond donors (Lipinski definition) is 0. The van der Waals surface area contributed by atoms with Gasteiger partial charge >= 0.3 is 0 Å². The highest BCUT2D eigenvalue weighted by Crippen LogP contribution is 2.27. The summed E-state index contributed by atoms with van der Waals surface area (Å²) in [6.45, 7) is 0. The van der Waals surface area contributed by atoms with Gasteiger partial charge in [-0.3, -0.25) is 0 Å². The van der Waals surface area contributed by atoms with Crippen molar-refractivity contribution < 1.29 is 8.78 Å². The predicted octanol–water partition coefficient (Wildman–Crippen LogP) is 3.14. The van der Waals surface area contributed by atoms with Gasteiger partial charge in [-0.25, -0.2) is 8.78 Å². The molecule has 1 aromatic carbocycles. The Kier molecular flexibility index (Phi) is 2.51. The second-order valence-electron chi connectivity index (χ2n) is 1.96. The SMILES string of the molecule is N#Cc1cc(Cl)c(F)c(Cl)c1F. The van der Waals surface area contributed by atoms with Crippen LogP contribution in [-0.2, 0) is 0 Å². The van der Waals surface area contributed by atoms with E-state index in [4.69, 9.17) is 28.5 Å². The zero-order valence-corrected chi connectivity index (χ0v) is 7.05. The van der Waals surface area contributed by atoms with Crippen molar-refractivity contribution in [1.82, 2.24) is 0 Å². The Morgan fingerprint density at radius 2 is 1.83 bits per heavy atom. The molecule has 12 heavy (non-hydrogen) atoms. The van der Waals surface area contributed by atoms with Crippen LogP contribution in [0.1, 0.15) is 5.56 Å². The molecule has 62 valence electrons. The van der Waals surface area contributed by atoms with E-state index in [1.165, 1.54) is 6.07 Å². The summed E-state index contributed by atoms with van der Waals surface area (Å²) in [5.74, 6) is -2.13. The number of halogens is 4. The summed E-state index contributed by atoms with van der Waals surface area (Å²) in [4.78, 5) is 0. The van der Waals surface area contributed by atoms with Gasteiger partial charge in [0.15, 0.2) is 11.6 Å². The standard InChI is InChI=1S/C7HCl2F2N/c8-4-1-3(2-12)6(10)5(9)7(4)11/h1H. The average molecular weight is 208 g/mol. The van der Waals surface area contributed by atoms with E-state index in [1.54, 1.807) is 0 Å². The van der Waals surface area contributed by atoms with Crippen LogP contribution in [0.5, 0.6) is 0 Å². The van der Waals surface area contributed by atoms with Crippen LogP contribution >= 0.6 is 23.2 Å². The van der Waals surface area contributed by atoms with E-state index >= 15 is 0 Å². The van der Waals surface area contributed by atoms with E-state index in [1.807, 2.05) is 0 Å². The molecule has 0 radical (unpaired) electrons. The van der Waals surface area contributed by atoms with E-state index in [0.717, 1.165) is 6.07 Å². The first kappa shape index (κ1) is 9.24. The lowest BCUT2D eigenvalue weighted by molar-refractivity contribution is 0.582. The van der Waals surface area contributed by atoms with Crippen LogP contribution in [-0.4, -0.2) is 0 Å². The Balaban J connectivity index is 3.52. The molecule has 0 saturated carbocycles. The lowest BCUT2D eigenvalue weighted by Gasteiger charge is -1.99. The fourth-order valence-electron chi connectivity index (χ4n) is 0.654. The topological polar surface area (TPSA) is 23.8 Å². The molecule has 0 fully saturated rings. The van der Waals surface area contributed by atoms with Gasteiger partial charge in [-0.2, -0.15) is 5.26 Å². The van der Waals surface area contributed by atoms with Crippen LogP contribution in [0.3, 0.4) is 0 Å². The quantitative estimate of drug-likeness (QED) is 0.474. The first-order valence-corrected chi connectivity index (χ1v) is 3.56. The third kappa shape index (κ3) is 1.36. The Morgan fingerprint density at radius 1 is 1.25 bits per heavy atom. The molecule has 0 aliphatic heterocycles. The van der Waals surface area contributed by atoms with Crippen LogP contribution in [0.2, 0.25) is 10.0 Å². The number of hydrogen-bond acceptors (Lipinski definition) is 1. The molecule has 0 bridgehead atoms. The molecule has 0 heterocycles. The maximum atomic E-state index is 12.8. The number of nitriles is 1. The van der Waals surface area contributed by atoms with Gasteiger partial charge in [0.05, 0.1) is 10.6 Å². The van der Waals surface area contributed by atoms with E-state index in [9.17, 15) is 8.78 Å². The molecule has 0 saturated heterocycles. The Labute approximate surface area is 77.1 Å². The lowest BCUT2D eigenvalue weighted by Crippen LogP contribution is -1.90. The molecule has 1 rings (SSSR count). The van der Waals surface area contributed by atoms with Gasteiger partial charge in [0.25, 0.3) is 0 Å². The predicted molar refractivity (Wildman–Crippen MR) is 41.1 cm³/mol. The molecule has 0 atom stereocenters. The Morgan fingerprint density at radius 3 is 2.33 bits per heavy atom. The third-order valence-corrected chi connectivity index (χ3v) is 1.83. The molecule has 0 aromatic heterocycles. The molecule has 0 aliphatic carbocycles. The van der Waals surface area contributed by atoms with Crippen molar-refractivity contribution in [3.63, 3.8) is 0 Å². The molecule has 0 N–H and O–H groups in total. The smallest absolute Gasteiger partial charge is 0.163 e. The summed E-state index contributed by atoms with van der Waals surface area (Å²) in [6.07, 6.45) is 0. The first-order chi connectivity index (χ1) is 5.57. The van der Waals surface area contributed by atoms with Gasteiger partial charge < -0.3 is 0 Å². The highest BCUT2D eigenvalue weighted by Gasteiger charge is 2.15. The highest BCUT2D eigenvalue weighted by atomic mass is 35.5. The molecule has 5 heteroatoms. The molecule has 0 aliphatic rings. The largest absolute Gasteiger partial charge is 0.204 e. The van der Waals surface area contributed by atoms with Crippen LogP contribution in [0.4, 0.5) is 8.78 Å². The van der Waals surface area contributed by atoms with Crippen molar-refractivity contribution in [2.45, 2.75) is 0 Å². The third-order valence-electron chi connectivity index (χ3n) is 1.22. The summed E-state index contributed by atoms with van der Waals surface area (Å²) < 4.78 is 25.5. The van der Waals surface area contributed by atoms with E-state index in [2.05, 4.69) is 0 Å². The molecular formula is C7HCl2F2N. The summed E-state index contributed by atoms with van der Waals surface area (Å²) in [5.41, 5.74) is -0.369. The Hall–Kier alpha value is -0.850. The summed E-state index contributed by atoms with van der Waals surface area (Å²) >= 11 is 10.5. The fourth-order valence-corrected chi connectivity index (χ4v) is 1.11. The Bertz CT molecular complexity index is 371. The normalized spacial score (nSPS) is 9.58. The van der Waals surface area contributed by atoms with Crippen molar-refractivity contribution in [3.8, 4) is 6.07 Å². The second kappa shape index (κ2) is 3.26. The van der Waals surface area contributed by atoms with E-state index in [-0.39, 0.29) is 10.6 Å². The second-order valence-corrected chi connectivity index (χ2v) is 2.74. The molecule has 1 nitrogen and oxygen atoms in total. The van der Waals surface area contributed by atoms with Gasteiger partial charge in [0, 0.05) is 0 Å². The van der Waals surface area contributed by atoms with Crippen LogP contribution in [0.15, 0.2) is 6.07 Å². The zero-order valence-electron chi connectivity index (χ0n) is 5.54. The molecule has 0 unspecified atom stereocenters. The van der Waals surface area contributed by atoms with Gasteiger partial charge in [-0.15, -0.1) is 0 Å². The average Bonchev–Trinajstić information content (AvgIpc) is 2.08. The summed E-state index contributed by atoms with van der Waals surface area (Å²) in [5, 5.41) is 7.21. The fraction of sp³-hybridized carbons (Fsp3) is 0. The van der Waals surface area contributed by atoms with Gasteiger partial charge in [0.1, 0.15) is 11.1 Å². The maximum absolute atomic E-state index is 12.8. The van der Waals surface area contributed by atoms with Crippen molar-refractivity contribution >= 4 is 23.2 Å². The van der Waals surface area contributed by atoms with Gasteiger partial charge in [0.2, 0.25) is 0 Å². The van der Waals surface area contributed by atoms with Crippen molar-refractivity contribution in [2.24, 2.45) is 0 Å². The lowest BCUT2D eigenvalue weighted by atomic mass is 10.2. The minimum Gasteiger partial charge on any atom is -0.204 e. The molecule has 0 spiro atoms. The molecular weight excluding hydrogens is 207 g/mol. The molecule has 0 amide bonds. The number of benzene rings is 1. The monoisotopic (exact) mass is 207 g/mol. The van der Waals surface area contributed by atoms with Crippen molar-refractivity contribution in [2.75, 3.05) is 0 Å². The van der Waals surface area contributed by atoms with Crippen LogP contribution in [0, 0.1) is 23.0 Å². The van der Waals surface area contributed by atoms with Crippen molar-refractivity contribution in [1.29, 1.82) is 5.26 Å². The summed E-state index contributed by atoms with van der Waals surface area (Å²) in [6, 6.07) is 2.38. The van der Waals surface area contributed by atoms with Gasteiger partial charge in [-0.1, -0.05) is 23.2 Å². The maximum Gasteiger partial charge on any atom is 0.163 e. The molecule has 1 aromatic rings. The number of rotatable bonds is 0. The van der Waals surface area contributed by atoms with Crippen LogP contribution < -0.4 is 0 Å². The minimum atomic E-state index is -1.08. The number of nitrogens with zero attached hydrogens (tertiary/aromatic N) is 1.